The molecule has 2 heterocycles. The Morgan fingerprint density at radius 1 is 0.500 bits per heavy atom. The van der Waals surface area contributed by atoms with Crippen LogP contribution in [0.1, 0.15) is 83.1 Å². The summed E-state index contributed by atoms with van der Waals surface area (Å²) < 4.78 is 10.8. The van der Waals surface area contributed by atoms with Gasteiger partial charge in [0.2, 0.25) is 0 Å². The molecule has 2 rings (SSSR count). The maximum absolute atomic E-state index is 5.42. The molecule has 0 unspecified atom stereocenters. The molecule has 136 valence electrons. The van der Waals surface area contributed by atoms with Crippen molar-refractivity contribution in [3.05, 3.63) is 0 Å². The first kappa shape index (κ1) is 24.2. The van der Waals surface area contributed by atoms with Gasteiger partial charge in [-0.2, -0.15) is 0 Å². The SMILES string of the molecule is C.C.CC1(C)CCOCC1(C)C.CC1(C)CCOCC1(C)C. The molecule has 22 heavy (non-hydrogen) atoms. The van der Waals surface area contributed by atoms with Crippen molar-refractivity contribution in [1.29, 1.82) is 0 Å². The van der Waals surface area contributed by atoms with Crippen molar-refractivity contribution < 1.29 is 9.47 Å². The lowest BCUT2D eigenvalue weighted by molar-refractivity contribution is -0.0749. The first-order valence-electron chi connectivity index (χ1n) is 8.07. The van der Waals surface area contributed by atoms with Gasteiger partial charge in [-0.1, -0.05) is 70.2 Å². The van der Waals surface area contributed by atoms with Crippen LogP contribution in [0, 0.1) is 21.7 Å². The Morgan fingerprint density at radius 2 is 0.773 bits per heavy atom. The summed E-state index contributed by atoms with van der Waals surface area (Å²) >= 11 is 0. The van der Waals surface area contributed by atoms with Gasteiger partial charge in [0.15, 0.2) is 0 Å². The van der Waals surface area contributed by atoms with Gasteiger partial charge < -0.3 is 9.47 Å². The number of hydrogen-bond acceptors (Lipinski definition) is 2. The Bertz CT molecular complexity index is 250. The first-order chi connectivity index (χ1) is 8.91. The van der Waals surface area contributed by atoms with Crippen LogP contribution in [0.4, 0.5) is 0 Å². The van der Waals surface area contributed by atoms with Crippen LogP contribution in [-0.2, 0) is 9.47 Å². The summed E-state index contributed by atoms with van der Waals surface area (Å²) in [5.41, 5.74) is 1.60. The molecule has 0 aromatic rings. The standard InChI is InChI=1S/2C9H18O.2CH4/c2*1-8(2)5-6-10-7-9(8,3)4;;/h2*5-7H2,1-4H3;2*1H4. The normalized spacial score (nSPS) is 27.3. The predicted molar refractivity (Wildman–Crippen MR) is 99.5 cm³/mol. The van der Waals surface area contributed by atoms with Crippen LogP contribution in [0.25, 0.3) is 0 Å². The Morgan fingerprint density at radius 3 is 0.909 bits per heavy atom. The van der Waals surface area contributed by atoms with E-state index in [9.17, 15) is 0 Å². The highest BCUT2D eigenvalue weighted by Crippen LogP contribution is 2.44. The van der Waals surface area contributed by atoms with Gasteiger partial charge >= 0.3 is 0 Å². The topological polar surface area (TPSA) is 18.5 Å². The third kappa shape index (κ3) is 5.53. The van der Waals surface area contributed by atoms with Crippen LogP contribution in [0.2, 0.25) is 0 Å². The monoisotopic (exact) mass is 316 g/mol. The number of rotatable bonds is 0. The maximum Gasteiger partial charge on any atom is 0.0522 e. The van der Waals surface area contributed by atoms with Crippen molar-refractivity contribution in [3.63, 3.8) is 0 Å². The van der Waals surface area contributed by atoms with Gasteiger partial charge in [0.05, 0.1) is 13.2 Å². The van der Waals surface area contributed by atoms with Gasteiger partial charge in [0, 0.05) is 13.2 Å². The second-order valence-corrected chi connectivity index (χ2v) is 9.14. The highest BCUT2D eigenvalue weighted by molar-refractivity contribution is 4.89. The van der Waals surface area contributed by atoms with Crippen LogP contribution in [0.3, 0.4) is 0 Å². The van der Waals surface area contributed by atoms with Gasteiger partial charge in [-0.15, -0.1) is 0 Å². The fourth-order valence-electron chi connectivity index (χ4n) is 2.38. The van der Waals surface area contributed by atoms with E-state index in [2.05, 4.69) is 55.4 Å². The second-order valence-electron chi connectivity index (χ2n) is 9.14. The first-order valence-corrected chi connectivity index (χ1v) is 8.07. The van der Waals surface area contributed by atoms with Gasteiger partial charge in [0.25, 0.3) is 0 Å². The van der Waals surface area contributed by atoms with Gasteiger partial charge in [0.1, 0.15) is 0 Å². The molecule has 0 saturated carbocycles. The zero-order valence-corrected chi connectivity index (χ0v) is 15.1. The number of ether oxygens (including phenoxy) is 2. The summed E-state index contributed by atoms with van der Waals surface area (Å²) in [4.78, 5) is 0. The van der Waals surface area contributed by atoms with Gasteiger partial charge in [-0.05, 0) is 34.5 Å². The molecule has 0 aromatic heterocycles. The molecule has 0 aliphatic carbocycles. The largest absolute Gasteiger partial charge is 0.381 e. The number of hydrogen-bond donors (Lipinski definition) is 0. The minimum atomic E-state index is 0. The molecule has 0 atom stereocenters. The van der Waals surface area contributed by atoms with Crippen molar-refractivity contribution in [2.45, 2.75) is 83.1 Å². The molecule has 2 aliphatic rings. The van der Waals surface area contributed by atoms with Crippen molar-refractivity contribution in [2.75, 3.05) is 26.4 Å². The summed E-state index contributed by atoms with van der Waals surface area (Å²) in [5.74, 6) is 0. The molecular weight excluding hydrogens is 272 g/mol. The molecule has 2 aliphatic heterocycles. The molecule has 0 bridgehead atoms. The van der Waals surface area contributed by atoms with E-state index in [-0.39, 0.29) is 14.9 Å². The fraction of sp³-hybridized carbons (Fsp3) is 1.00. The average molecular weight is 317 g/mol. The van der Waals surface area contributed by atoms with Crippen LogP contribution >= 0.6 is 0 Å². The summed E-state index contributed by atoms with van der Waals surface area (Å²) in [7, 11) is 0. The molecule has 2 nitrogen and oxygen atoms in total. The van der Waals surface area contributed by atoms with Gasteiger partial charge in [-0.3, -0.25) is 0 Å². The van der Waals surface area contributed by atoms with E-state index in [0.29, 0.717) is 21.7 Å². The highest BCUT2D eigenvalue weighted by Gasteiger charge is 2.40. The lowest BCUT2D eigenvalue weighted by Crippen LogP contribution is -2.41. The van der Waals surface area contributed by atoms with E-state index >= 15 is 0 Å². The van der Waals surface area contributed by atoms with E-state index < -0.39 is 0 Å². The minimum Gasteiger partial charge on any atom is -0.381 e. The van der Waals surface area contributed by atoms with Crippen molar-refractivity contribution in [2.24, 2.45) is 21.7 Å². The van der Waals surface area contributed by atoms with E-state index in [1.54, 1.807) is 0 Å². The Kier molecular flexibility index (Phi) is 8.95. The smallest absolute Gasteiger partial charge is 0.0522 e. The van der Waals surface area contributed by atoms with E-state index in [1.807, 2.05) is 0 Å². The molecular formula is C20H44O2. The molecule has 0 aromatic carbocycles. The van der Waals surface area contributed by atoms with Crippen molar-refractivity contribution in [3.8, 4) is 0 Å². The zero-order chi connectivity index (χ0) is 15.7. The van der Waals surface area contributed by atoms with Crippen LogP contribution in [0.15, 0.2) is 0 Å². The zero-order valence-electron chi connectivity index (χ0n) is 15.1. The quantitative estimate of drug-likeness (QED) is 0.530. The third-order valence-electron chi connectivity index (χ3n) is 6.33. The minimum absolute atomic E-state index is 0. The molecule has 0 N–H and O–H groups in total. The third-order valence-corrected chi connectivity index (χ3v) is 6.33. The summed E-state index contributed by atoms with van der Waals surface area (Å²) in [6.07, 6.45) is 2.39. The molecule has 0 spiro atoms. The van der Waals surface area contributed by atoms with E-state index in [4.69, 9.17) is 9.47 Å². The Labute approximate surface area is 141 Å². The molecule has 0 amide bonds. The summed E-state index contributed by atoms with van der Waals surface area (Å²) in [6.45, 7) is 22.2. The molecule has 0 radical (unpaired) electrons. The van der Waals surface area contributed by atoms with Gasteiger partial charge in [-0.25, -0.2) is 0 Å². The van der Waals surface area contributed by atoms with Crippen LogP contribution < -0.4 is 0 Å². The summed E-state index contributed by atoms with van der Waals surface area (Å²) in [5, 5.41) is 0. The van der Waals surface area contributed by atoms with E-state index in [0.717, 1.165) is 26.4 Å². The Hall–Kier alpha value is -0.0800. The van der Waals surface area contributed by atoms with Crippen molar-refractivity contribution in [1.82, 2.24) is 0 Å². The van der Waals surface area contributed by atoms with Crippen LogP contribution in [0.5, 0.6) is 0 Å². The molecule has 2 saturated heterocycles. The fourth-order valence-corrected chi connectivity index (χ4v) is 2.38. The second kappa shape index (κ2) is 8.15. The maximum atomic E-state index is 5.42. The molecule has 2 fully saturated rings. The predicted octanol–water partition coefficient (Wildman–Crippen LogP) is 6.19. The lowest BCUT2D eigenvalue weighted by Gasteiger charge is -2.45. The Balaban J connectivity index is 0. The van der Waals surface area contributed by atoms with Crippen LogP contribution in [-0.4, -0.2) is 26.4 Å². The summed E-state index contributed by atoms with van der Waals surface area (Å²) in [6, 6.07) is 0. The molecule has 2 heteroatoms. The highest BCUT2D eigenvalue weighted by atomic mass is 16.5. The average Bonchev–Trinajstić information content (AvgIpc) is 2.28. The van der Waals surface area contributed by atoms with E-state index in [1.165, 1.54) is 12.8 Å². The van der Waals surface area contributed by atoms with Crippen molar-refractivity contribution >= 4 is 0 Å². The lowest BCUT2D eigenvalue weighted by atomic mass is 9.65.